The van der Waals surface area contributed by atoms with Crippen LogP contribution in [0.5, 0.6) is 5.75 Å². The fourth-order valence-corrected chi connectivity index (χ4v) is 2.84. The van der Waals surface area contributed by atoms with Crippen LogP contribution in [0.25, 0.3) is 16.6 Å². The minimum absolute atomic E-state index is 0.00707. The number of fused-ring (bicyclic) bond motifs is 1. The monoisotopic (exact) mass is 349 g/mol. The summed E-state index contributed by atoms with van der Waals surface area (Å²) >= 11 is 0. The molecule has 8 nitrogen and oxygen atoms in total. The van der Waals surface area contributed by atoms with Gasteiger partial charge < -0.3 is 10.5 Å². The molecule has 0 atom stereocenters. The van der Waals surface area contributed by atoms with Gasteiger partial charge in [0.25, 0.3) is 5.56 Å². The van der Waals surface area contributed by atoms with E-state index in [0.29, 0.717) is 17.1 Å². The first-order valence-electron chi connectivity index (χ1n) is 7.67. The second kappa shape index (κ2) is 6.29. The lowest BCUT2D eigenvalue weighted by Crippen LogP contribution is -2.25. The highest BCUT2D eigenvalue weighted by Crippen LogP contribution is 2.26. The largest absolute Gasteiger partial charge is 0.497 e. The number of rotatable bonds is 3. The molecule has 0 saturated heterocycles. The van der Waals surface area contributed by atoms with Crippen molar-refractivity contribution in [3.8, 4) is 17.5 Å². The number of hydrogen-bond donors (Lipinski definition) is 1. The number of hydrogen-bond acceptors (Lipinski definition) is 7. The van der Waals surface area contributed by atoms with E-state index in [9.17, 15) is 14.9 Å². The van der Waals surface area contributed by atoms with E-state index in [1.165, 1.54) is 14.0 Å². The van der Waals surface area contributed by atoms with E-state index >= 15 is 0 Å². The summed E-state index contributed by atoms with van der Waals surface area (Å²) in [6.45, 7) is 2.94. The molecule has 8 heteroatoms. The summed E-state index contributed by atoms with van der Waals surface area (Å²) < 4.78 is 6.18. The van der Waals surface area contributed by atoms with Crippen LogP contribution in [0.2, 0.25) is 0 Å². The van der Waals surface area contributed by atoms with Gasteiger partial charge in [0.15, 0.2) is 11.5 Å². The van der Waals surface area contributed by atoms with Crippen molar-refractivity contribution in [1.82, 2.24) is 14.8 Å². The number of benzene rings is 1. The molecule has 0 saturated carbocycles. The third-order valence-electron chi connectivity index (χ3n) is 4.02. The number of pyridine rings is 1. The Morgan fingerprint density at radius 3 is 2.50 bits per heavy atom. The molecular weight excluding hydrogens is 334 g/mol. The summed E-state index contributed by atoms with van der Waals surface area (Å²) in [5, 5.41) is 13.7. The normalized spacial score (nSPS) is 10.5. The zero-order valence-electron chi connectivity index (χ0n) is 14.4. The van der Waals surface area contributed by atoms with Crippen molar-refractivity contribution in [3.05, 3.63) is 51.6 Å². The van der Waals surface area contributed by atoms with Gasteiger partial charge in [0.1, 0.15) is 17.3 Å². The zero-order valence-corrected chi connectivity index (χ0v) is 14.4. The molecule has 0 radical (unpaired) electrons. The lowest BCUT2D eigenvalue weighted by molar-refractivity contribution is 0.101. The van der Waals surface area contributed by atoms with Crippen molar-refractivity contribution in [2.45, 2.75) is 13.8 Å². The van der Waals surface area contributed by atoms with Gasteiger partial charge in [-0.05, 0) is 38.1 Å². The first-order chi connectivity index (χ1) is 12.4. The van der Waals surface area contributed by atoms with E-state index in [2.05, 4.69) is 10.1 Å². The van der Waals surface area contributed by atoms with Crippen LogP contribution < -0.4 is 16.0 Å². The Morgan fingerprint density at radius 2 is 1.96 bits per heavy atom. The molecule has 3 aromatic rings. The van der Waals surface area contributed by atoms with Gasteiger partial charge in [-0.1, -0.05) is 0 Å². The van der Waals surface area contributed by atoms with Gasteiger partial charge >= 0.3 is 0 Å². The standard InChI is InChI=1S/C18H15N5O3/c1-9-14(10(2)24)16(20)15-13(8-19)22-23(18(25)17(15)21-9)11-4-6-12(26-3)7-5-11/h4-7H,1-3H3,(H2,20,21). The number of nitrogens with two attached hydrogens (primary N) is 1. The Labute approximate surface area is 148 Å². The SMILES string of the molecule is COc1ccc(-n2nc(C#N)c3c(N)c(C(C)=O)c(C)nc3c2=O)cc1. The summed E-state index contributed by atoms with van der Waals surface area (Å²) in [4.78, 5) is 29.0. The molecule has 1 aromatic carbocycles. The van der Waals surface area contributed by atoms with Crippen molar-refractivity contribution in [3.63, 3.8) is 0 Å². The van der Waals surface area contributed by atoms with Gasteiger partial charge in [0.2, 0.25) is 0 Å². The van der Waals surface area contributed by atoms with E-state index in [0.717, 1.165) is 4.68 Å². The minimum atomic E-state index is -0.533. The molecule has 0 unspecified atom stereocenters. The molecule has 130 valence electrons. The van der Waals surface area contributed by atoms with Crippen LogP contribution >= 0.6 is 0 Å². The Balaban J connectivity index is 2.40. The second-order valence-corrected chi connectivity index (χ2v) is 5.64. The van der Waals surface area contributed by atoms with E-state index in [1.807, 2.05) is 6.07 Å². The fraction of sp³-hybridized carbons (Fsp3) is 0.167. The third kappa shape index (κ3) is 2.56. The number of methoxy groups -OCH3 is 1. The summed E-state index contributed by atoms with van der Waals surface area (Å²) in [6, 6.07) is 8.55. The summed E-state index contributed by atoms with van der Waals surface area (Å²) in [6.07, 6.45) is 0. The topological polar surface area (TPSA) is 124 Å². The number of Topliss-reactive ketones (excluding diaryl/α,β-unsaturated/α-hetero) is 1. The number of carbonyl (C=O) groups is 1. The smallest absolute Gasteiger partial charge is 0.298 e. The van der Waals surface area contributed by atoms with Gasteiger partial charge in [-0.25, -0.2) is 4.98 Å². The molecule has 2 N–H and O–H groups in total. The van der Waals surface area contributed by atoms with Crippen LogP contribution in [-0.2, 0) is 0 Å². The maximum atomic E-state index is 12.9. The minimum Gasteiger partial charge on any atom is -0.497 e. The van der Waals surface area contributed by atoms with Crippen LogP contribution in [0, 0.1) is 18.3 Å². The Hall–Kier alpha value is -3.73. The lowest BCUT2D eigenvalue weighted by Gasteiger charge is -2.12. The fourth-order valence-electron chi connectivity index (χ4n) is 2.84. The maximum Gasteiger partial charge on any atom is 0.298 e. The molecule has 0 spiro atoms. The van der Waals surface area contributed by atoms with Crippen LogP contribution in [0.4, 0.5) is 5.69 Å². The predicted octanol–water partition coefficient (Wildman–Crippen LogP) is 1.75. The molecule has 0 aliphatic carbocycles. The Kier molecular flexibility index (Phi) is 4.14. The Bertz CT molecular complexity index is 1140. The number of nitrogens with zero attached hydrogens (tertiary/aromatic N) is 4. The molecule has 3 rings (SSSR count). The molecule has 2 aromatic heterocycles. The molecule has 0 aliphatic heterocycles. The lowest BCUT2D eigenvalue weighted by atomic mass is 10.0. The summed E-state index contributed by atoms with van der Waals surface area (Å²) in [5.74, 6) is 0.324. The average molecular weight is 349 g/mol. The quantitative estimate of drug-likeness (QED) is 0.714. The first kappa shape index (κ1) is 17.1. The number of anilines is 1. The van der Waals surface area contributed by atoms with E-state index in [-0.39, 0.29) is 33.6 Å². The number of aryl methyl sites for hydroxylation is 1. The molecular formula is C18H15N5O3. The van der Waals surface area contributed by atoms with Crippen molar-refractivity contribution in [1.29, 1.82) is 5.26 Å². The van der Waals surface area contributed by atoms with Crippen LogP contribution in [0.15, 0.2) is 29.1 Å². The van der Waals surface area contributed by atoms with Crippen molar-refractivity contribution in [2.24, 2.45) is 0 Å². The number of aromatic nitrogens is 3. The highest BCUT2D eigenvalue weighted by molar-refractivity contribution is 6.08. The second-order valence-electron chi connectivity index (χ2n) is 5.64. The summed E-state index contributed by atoms with van der Waals surface area (Å²) in [7, 11) is 1.53. The van der Waals surface area contributed by atoms with Crippen molar-refractivity contribution < 1.29 is 9.53 Å². The van der Waals surface area contributed by atoms with Gasteiger partial charge in [-0.3, -0.25) is 9.59 Å². The molecule has 0 bridgehead atoms. The highest BCUT2D eigenvalue weighted by Gasteiger charge is 2.21. The molecule has 0 amide bonds. The van der Waals surface area contributed by atoms with Gasteiger partial charge in [0, 0.05) is 0 Å². The maximum absolute atomic E-state index is 12.9. The molecule has 0 aliphatic rings. The van der Waals surface area contributed by atoms with Crippen LogP contribution in [0.1, 0.15) is 28.7 Å². The van der Waals surface area contributed by atoms with Crippen molar-refractivity contribution >= 4 is 22.4 Å². The molecule has 2 heterocycles. The van der Waals surface area contributed by atoms with E-state index in [1.54, 1.807) is 31.2 Å². The van der Waals surface area contributed by atoms with E-state index < -0.39 is 5.56 Å². The number of nitrogen functional groups attached to an aromatic ring is 1. The Morgan fingerprint density at radius 1 is 1.31 bits per heavy atom. The zero-order chi connectivity index (χ0) is 19.0. The van der Waals surface area contributed by atoms with Gasteiger partial charge in [-0.15, -0.1) is 0 Å². The average Bonchev–Trinajstić information content (AvgIpc) is 2.62. The number of nitriles is 1. The van der Waals surface area contributed by atoms with Crippen molar-refractivity contribution in [2.75, 3.05) is 12.8 Å². The van der Waals surface area contributed by atoms with Crippen LogP contribution in [0.3, 0.4) is 0 Å². The summed E-state index contributed by atoms with van der Waals surface area (Å²) in [5.41, 5.74) is 6.47. The van der Waals surface area contributed by atoms with Gasteiger partial charge in [-0.2, -0.15) is 15.0 Å². The number of ketones is 1. The third-order valence-corrected chi connectivity index (χ3v) is 4.02. The van der Waals surface area contributed by atoms with E-state index in [4.69, 9.17) is 10.5 Å². The molecule has 0 fully saturated rings. The number of carbonyl (C=O) groups excluding carboxylic acids is 1. The highest BCUT2D eigenvalue weighted by atomic mass is 16.5. The van der Waals surface area contributed by atoms with Gasteiger partial charge in [0.05, 0.1) is 35.1 Å². The molecule has 26 heavy (non-hydrogen) atoms. The number of ether oxygens (including phenoxy) is 1. The van der Waals surface area contributed by atoms with Crippen LogP contribution in [-0.4, -0.2) is 27.7 Å². The first-order valence-corrected chi connectivity index (χ1v) is 7.67. The predicted molar refractivity (Wildman–Crippen MR) is 95.6 cm³/mol.